The molecule has 0 spiro atoms. The maximum absolute atomic E-state index is 13.7. The van der Waals surface area contributed by atoms with Gasteiger partial charge in [-0.25, -0.2) is 12.8 Å². The molecular weight excluding hydrogens is 493 g/mol. The van der Waals surface area contributed by atoms with Crippen molar-refractivity contribution in [3.8, 4) is 22.4 Å². The first-order valence-electron chi connectivity index (χ1n) is 10.4. The van der Waals surface area contributed by atoms with Crippen LogP contribution in [0.5, 0.6) is 0 Å². The zero-order chi connectivity index (χ0) is 24.7. The first-order valence-corrected chi connectivity index (χ1v) is 12.2. The Kier molecular flexibility index (Phi) is 5.66. The number of anilines is 1. The molecule has 5 aromatic rings. The van der Waals surface area contributed by atoms with Gasteiger partial charge in [0, 0.05) is 33.7 Å². The molecular formula is C25H17ClFN3O4S. The minimum absolute atomic E-state index is 0.0410. The van der Waals surface area contributed by atoms with Crippen LogP contribution in [0.25, 0.3) is 33.2 Å². The number of nitrogens with zero attached hydrogens (tertiary/aromatic N) is 1. The van der Waals surface area contributed by atoms with E-state index in [2.05, 4.69) is 19.4 Å². The van der Waals surface area contributed by atoms with Crippen LogP contribution in [0, 0.1) is 12.7 Å². The molecule has 2 aromatic heterocycles. The minimum Gasteiger partial charge on any atom is -0.363 e. The highest BCUT2D eigenvalue weighted by molar-refractivity contribution is 7.92. The van der Waals surface area contributed by atoms with Gasteiger partial charge in [-0.3, -0.25) is 9.52 Å². The number of halogens is 2. The van der Waals surface area contributed by atoms with E-state index in [1.807, 2.05) is 13.0 Å². The van der Waals surface area contributed by atoms with Crippen molar-refractivity contribution in [2.45, 2.75) is 11.8 Å². The van der Waals surface area contributed by atoms with Crippen LogP contribution in [0.2, 0.25) is 5.02 Å². The molecule has 2 N–H and O–H groups in total. The molecule has 0 atom stereocenters. The quantitative estimate of drug-likeness (QED) is 0.314. The molecule has 35 heavy (non-hydrogen) atoms. The number of sulfonamides is 1. The fourth-order valence-corrected chi connectivity index (χ4v) is 5.23. The maximum atomic E-state index is 13.7. The molecule has 0 saturated heterocycles. The van der Waals surface area contributed by atoms with Crippen molar-refractivity contribution in [2.75, 3.05) is 4.72 Å². The number of H-pyrrole nitrogens is 1. The van der Waals surface area contributed by atoms with Gasteiger partial charge in [-0.05, 0) is 59.8 Å². The summed E-state index contributed by atoms with van der Waals surface area (Å²) in [5.74, 6) is -0.331. The van der Waals surface area contributed by atoms with Crippen LogP contribution in [-0.4, -0.2) is 18.6 Å². The second-order valence-electron chi connectivity index (χ2n) is 7.91. The summed E-state index contributed by atoms with van der Waals surface area (Å²) >= 11 is 6.57. The standard InChI is InChI=1S/C25H17ClFN3O4S/c1-14-9-21(15-3-2-4-17(27)10-15)22(26)13-20(14)25-19-6-5-18(11-16(19)12-24(31)28-25)35(32,33)30-23-7-8-34-29-23/h2-13H,1H3,(H,28,31)(H,29,30). The summed E-state index contributed by atoms with van der Waals surface area (Å²) in [5.41, 5.74) is 2.82. The Balaban J connectivity index is 1.62. The topological polar surface area (TPSA) is 105 Å². The average Bonchev–Trinajstić information content (AvgIpc) is 3.31. The van der Waals surface area contributed by atoms with Crippen molar-refractivity contribution in [2.24, 2.45) is 0 Å². The Morgan fingerprint density at radius 2 is 1.86 bits per heavy atom. The predicted octanol–water partition coefficient (Wildman–Crippen LogP) is 5.75. The van der Waals surface area contributed by atoms with Gasteiger partial charge in [-0.15, -0.1) is 0 Å². The number of benzene rings is 3. The average molecular weight is 510 g/mol. The van der Waals surface area contributed by atoms with Gasteiger partial charge in [-0.1, -0.05) is 35.0 Å². The fourth-order valence-electron chi connectivity index (χ4n) is 3.93. The zero-order valence-electron chi connectivity index (χ0n) is 18.2. The molecule has 2 heterocycles. The second-order valence-corrected chi connectivity index (χ2v) is 9.99. The number of aryl methyl sites for hydroxylation is 1. The first-order chi connectivity index (χ1) is 16.7. The van der Waals surface area contributed by atoms with E-state index in [0.29, 0.717) is 38.2 Å². The Bertz CT molecular complexity index is 1750. The summed E-state index contributed by atoms with van der Waals surface area (Å²) in [7, 11) is -3.96. The lowest BCUT2D eigenvalue weighted by Crippen LogP contribution is -2.13. The van der Waals surface area contributed by atoms with Gasteiger partial charge in [0.1, 0.15) is 12.1 Å². The van der Waals surface area contributed by atoms with Gasteiger partial charge >= 0.3 is 0 Å². The van der Waals surface area contributed by atoms with Gasteiger partial charge in [0.2, 0.25) is 5.56 Å². The van der Waals surface area contributed by atoms with Crippen LogP contribution >= 0.6 is 11.6 Å². The van der Waals surface area contributed by atoms with E-state index in [0.717, 1.165) is 5.56 Å². The van der Waals surface area contributed by atoms with E-state index in [4.69, 9.17) is 11.6 Å². The molecule has 3 aromatic carbocycles. The Hall–Kier alpha value is -3.95. The molecule has 0 saturated carbocycles. The van der Waals surface area contributed by atoms with E-state index in [-0.39, 0.29) is 16.5 Å². The number of fused-ring (bicyclic) bond motifs is 1. The number of aromatic nitrogens is 2. The molecule has 176 valence electrons. The number of rotatable bonds is 5. The molecule has 0 fully saturated rings. The van der Waals surface area contributed by atoms with Crippen LogP contribution in [-0.2, 0) is 10.0 Å². The van der Waals surface area contributed by atoms with E-state index in [9.17, 15) is 17.6 Å². The summed E-state index contributed by atoms with van der Waals surface area (Å²) in [6.07, 6.45) is 1.25. The third kappa shape index (κ3) is 4.43. The summed E-state index contributed by atoms with van der Waals surface area (Å²) in [6.45, 7) is 1.85. The molecule has 0 aliphatic carbocycles. The molecule has 0 aliphatic rings. The highest BCUT2D eigenvalue weighted by Crippen LogP contribution is 2.37. The second kappa shape index (κ2) is 8.68. The van der Waals surface area contributed by atoms with E-state index in [1.54, 1.807) is 24.3 Å². The molecule has 0 radical (unpaired) electrons. The van der Waals surface area contributed by atoms with Crippen LogP contribution < -0.4 is 10.3 Å². The zero-order valence-corrected chi connectivity index (χ0v) is 19.7. The van der Waals surface area contributed by atoms with Gasteiger partial charge in [0.25, 0.3) is 10.0 Å². The number of nitrogens with one attached hydrogen (secondary N) is 2. The van der Waals surface area contributed by atoms with Crippen molar-refractivity contribution in [3.05, 3.63) is 99.8 Å². The summed E-state index contributed by atoms with van der Waals surface area (Å²) in [5, 5.41) is 4.99. The lowest BCUT2D eigenvalue weighted by atomic mass is 9.95. The number of pyridine rings is 1. The molecule has 10 heteroatoms. The van der Waals surface area contributed by atoms with E-state index >= 15 is 0 Å². The predicted molar refractivity (Wildman–Crippen MR) is 132 cm³/mol. The minimum atomic E-state index is -3.96. The molecule has 0 aliphatic heterocycles. The van der Waals surface area contributed by atoms with Crippen molar-refractivity contribution in [1.29, 1.82) is 0 Å². The van der Waals surface area contributed by atoms with Gasteiger partial charge in [0.15, 0.2) is 5.82 Å². The molecule has 7 nitrogen and oxygen atoms in total. The van der Waals surface area contributed by atoms with E-state index < -0.39 is 15.6 Å². The van der Waals surface area contributed by atoms with Crippen LogP contribution in [0.4, 0.5) is 10.2 Å². The molecule has 0 unspecified atom stereocenters. The summed E-state index contributed by atoms with van der Waals surface area (Å²) in [4.78, 5) is 15.3. The smallest absolute Gasteiger partial charge is 0.263 e. The summed E-state index contributed by atoms with van der Waals surface area (Å²) in [6, 6.07) is 16.8. The van der Waals surface area contributed by atoms with Crippen molar-refractivity contribution >= 4 is 38.2 Å². The molecule has 0 amide bonds. The number of aromatic amines is 1. The van der Waals surface area contributed by atoms with E-state index in [1.165, 1.54) is 42.7 Å². The Labute approximate surface area is 204 Å². The lowest BCUT2D eigenvalue weighted by molar-refractivity contribution is 0.423. The van der Waals surface area contributed by atoms with Gasteiger partial charge in [-0.2, -0.15) is 0 Å². The first kappa shape index (κ1) is 22.8. The number of hydrogen-bond acceptors (Lipinski definition) is 5. The monoisotopic (exact) mass is 509 g/mol. The molecule has 5 rings (SSSR count). The van der Waals surface area contributed by atoms with Gasteiger partial charge < -0.3 is 9.51 Å². The third-order valence-corrected chi connectivity index (χ3v) is 7.20. The SMILES string of the molecule is Cc1cc(-c2cccc(F)c2)c(Cl)cc1-c1[nH]c(=O)cc2cc(S(=O)(=O)Nc3ccon3)ccc12. The lowest BCUT2D eigenvalue weighted by Gasteiger charge is -2.14. The third-order valence-electron chi connectivity index (χ3n) is 5.53. The fraction of sp³-hybridized carbons (Fsp3) is 0.0400. The normalized spacial score (nSPS) is 11.6. The summed E-state index contributed by atoms with van der Waals surface area (Å²) < 4.78 is 46.2. The Morgan fingerprint density at radius 3 is 2.60 bits per heavy atom. The molecule has 0 bridgehead atoms. The van der Waals surface area contributed by atoms with Crippen molar-refractivity contribution in [1.82, 2.24) is 10.1 Å². The number of hydrogen-bond donors (Lipinski definition) is 2. The maximum Gasteiger partial charge on any atom is 0.263 e. The Morgan fingerprint density at radius 1 is 1.03 bits per heavy atom. The van der Waals surface area contributed by atoms with Crippen molar-refractivity contribution in [3.63, 3.8) is 0 Å². The van der Waals surface area contributed by atoms with Crippen molar-refractivity contribution < 1.29 is 17.3 Å². The highest BCUT2D eigenvalue weighted by atomic mass is 35.5. The van der Waals surface area contributed by atoms with Crippen LogP contribution in [0.3, 0.4) is 0 Å². The van der Waals surface area contributed by atoms with Crippen LogP contribution in [0.15, 0.2) is 87.2 Å². The highest BCUT2D eigenvalue weighted by Gasteiger charge is 2.18. The van der Waals surface area contributed by atoms with Gasteiger partial charge in [0.05, 0.1) is 10.6 Å². The van der Waals surface area contributed by atoms with Crippen LogP contribution in [0.1, 0.15) is 5.56 Å². The largest absolute Gasteiger partial charge is 0.363 e.